The number of primary amides is 1. The van der Waals surface area contributed by atoms with Crippen LogP contribution < -0.4 is 5.73 Å². The lowest BCUT2D eigenvalue weighted by atomic mass is 9.50. The second-order valence-electron chi connectivity index (χ2n) is 12.6. The number of aliphatic hydroxyl groups is 2. The van der Waals surface area contributed by atoms with E-state index in [0.717, 1.165) is 45.2 Å². The molecule has 4 aliphatic carbocycles. The first-order chi connectivity index (χ1) is 17.3. The number of hydrogen-bond donors (Lipinski definition) is 3. The minimum Gasteiger partial charge on any atom is -0.390 e. The Morgan fingerprint density at radius 3 is 2.36 bits per heavy atom. The van der Waals surface area contributed by atoms with Gasteiger partial charge in [-0.25, -0.2) is 0 Å². The molecule has 2 amide bonds. The van der Waals surface area contributed by atoms with E-state index in [-0.39, 0.29) is 11.8 Å². The first kappa shape index (κ1) is 24.4. The van der Waals surface area contributed by atoms with E-state index in [0.29, 0.717) is 53.8 Å². The molecule has 4 unspecified atom stereocenters. The number of carbonyl (C=O) groups excluding carboxylic acids is 2. The van der Waals surface area contributed by atoms with Gasteiger partial charge in [-0.2, -0.15) is 0 Å². The molecule has 1 aromatic carbocycles. The average molecular weight is 496 g/mol. The Kier molecular flexibility index (Phi) is 6.37. The van der Waals surface area contributed by atoms with Crippen LogP contribution in [-0.4, -0.2) is 75.8 Å². The molecule has 7 heteroatoms. The highest BCUT2D eigenvalue weighted by Crippen LogP contribution is 2.58. The van der Waals surface area contributed by atoms with Crippen LogP contribution in [0.5, 0.6) is 0 Å². The van der Waals surface area contributed by atoms with Crippen LogP contribution in [0.3, 0.4) is 0 Å². The third-order valence-electron chi connectivity index (χ3n) is 10.5. The van der Waals surface area contributed by atoms with Gasteiger partial charge in [0.05, 0.1) is 5.60 Å². The Hall–Kier alpha value is -1.96. The maximum atomic E-state index is 12.8. The number of nitrogens with zero attached hydrogens (tertiary/aromatic N) is 2. The van der Waals surface area contributed by atoms with Crippen molar-refractivity contribution in [2.24, 2.45) is 29.4 Å². The molecule has 0 radical (unpaired) electrons. The quantitative estimate of drug-likeness (QED) is 0.514. The number of hydrogen-bond acceptors (Lipinski definition) is 5. The smallest absolute Gasteiger partial charge is 0.248 e. The molecule has 2 saturated heterocycles. The molecular weight excluding hydrogens is 454 g/mol. The summed E-state index contributed by atoms with van der Waals surface area (Å²) in [5.74, 6) is 2.04. The van der Waals surface area contributed by atoms with Gasteiger partial charge < -0.3 is 20.8 Å². The van der Waals surface area contributed by atoms with Crippen LogP contribution in [0.4, 0.5) is 0 Å². The van der Waals surface area contributed by atoms with Crippen LogP contribution in [0, 0.1) is 23.7 Å². The van der Waals surface area contributed by atoms with Crippen molar-refractivity contribution in [3.8, 4) is 0 Å². The van der Waals surface area contributed by atoms with E-state index < -0.39 is 12.2 Å². The van der Waals surface area contributed by atoms with Crippen molar-refractivity contribution in [1.29, 1.82) is 0 Å². The SMILES string of the molecule is NC(=O)c1cccc(C2CC3CCC(C2)N3CCN(CC2C3CC4CC2CC(O)(C4)C3)C(=O)CO)c1. The molecule has 7 nitrogen and oxygen atoms in total. The largest absolute Gasteiger partial charge is 0.390 e. The van der Waals surface area contributed by atoms with Crippen molar-refractivity contribution in [2.75, 3.05) is 26.2 Å². The molecule has 36 heavy (non-hydrogen) atoms. The molecule has 0 spiro atoms. The molecule has 4 N–H and O–H groups in total. The summed E-state index contributed by atoms with van der Waals surface area (Å²) in [5, 5.41) is 20.7. The highest BCUT2D eigenvalue weighted by Gasteiger charge is 2.55. The maximum Gasteiger partial charge on any atom is 0.248 e. The van der Waals surface area contributed by atoms with Gasteiger partial charge in [0.15, 0.2) is 0 Å². The van der Waals surface area contributed by atoms with Gasteiger partial charge in [-0.3, -0.25) is 14.5 Å². The number of aliphatic hydroxyl groups excluding tert-OH is 1. The number of benzene rings is 1. The van der Waals surface area contributed by atoms with Crippen LogP contribution in [0.2, 0.25) is 0 Å². The highest BCUT2D eigenvalue weighted by molar-refractivity contribution is 5.92. The zero-order chi connectivity index (χ0) is 25.0. The second kappa shape index (κ2) is 9.41. The zero-order valence-electron chi connectivity index (χ0n) is 21.2. The molecule has 0 aromatic heterocycles. The lowest BCUT2D eigenvalue weighted by Crippen LogP contribution is -2.57. The molecule has 2 aliphatic heterocycles. The van der Waals surface area contributed by atoms with Crippen LogP contribution in [0.1, 0.15) is 79.6 Å². The van der Waals surface area contributed by atoms with Crippen LogP contribution in [-0.2, 0) is 4.79 Å². The maximum absolute atomic E-state index is 12.8. The Morgan fingerprint density at radius 1 is 1.06 bits per heavy atom. The normalized spacial score (nSPS) is 38.9. The van der Waals surface area contributed by atoms with E-state index in [2.05, 4.69) is 11.0 Å². The topological polar surface area (TPSA) is 107 Å². The van der Waals surface area contributed by atoms with Crippen LogP contribution in [0.25, 0.3) is 0 Å². The van der Waals surface area contributed by atoms with E-state index >= 15 is 0 Å². The van der Waals surface area contributed by atoms with E-state index in [1.807, 2.05) is 17.0 Å². The average Bonchev–Trinajstić information content (AvgIpc) is 3.08. The van der Waals surface area contributed by atoms with Crippen molar-refractivity contribution < 1.29 is 19.8 Å². The van der Waals surface area contributed by atoms with E-state index in [9.17, 15) is 19.8 Å². The summed E-state index contributed by atoms with van der Waals surface area (Å²) < 4.78 is 0. The summed E-state index contributed by atoms with van der Waals surface area (Å²) in [6, 6.07) is 8.79. The lowest BCUT2D eigenvalue weighted by molar-refractivity contribution is -0.160. The first-order valence-corrected chi connectivity index (χ1v) is 14.1. The Balaban J connectivity index is 1.09. The summed E-state index contributed by atoms with van der Waals surface area (Å²) in [6.45, 7) is 1.81. The molecule has 2 heterocycles. The highest BCUT2D eigenvalue weighted by atomic mass is 16.3. The predicted octanol–water partition coefficient (Wildman–Crippen LogP) is 2.50. The van der Waals surface area contributed by atoms with Gasteiger partial charge in [0.25, 0.3) is 0 Å². The Labute approximate surface area is 214 Å². The minimum absolute atomic E-state index is 0.159. The van der Waals surface area contributed by atoms with Gasteiger partial charge in [0, 0.05) is 37.3 Å². The fourth-order valence-electron chi connectivity index (χ4n) is 9.15. The van der Waals surface area contributed by atoms with Gasteiger partial charge in [-0.1, -0.05) is 12.1 Å². The van der Waals surface area contributed by atoms with E-state index in [1.54, 1.807) is 6.07 Å². The summed E-state index contributed by atoms with van der Waals surface area (Å²) in [5.41, 5.74) is 6.84. The molecule has 6 fully saturated rings. The van der Waals surface area contributed by atoms with E-state index in [1.165, 1.54) is 31.2 Å². The molecule has 6 bridgehead atoms. The minimum atomic E-state index is -0.459. The number of carbonyl (C=O) groups is 2. The molecule has 4 atom stereocenters. The second-order valence-corrected chi connectivity index (χ2v) is 12.6. The third kappa shape index (κ3) is 4.48. The number of piperidine rings is 1. The summed E-state index contributed by atoms with van der Waals surface area (Å²) >= 11 is 0. The molecule has 6 aliphatic rings. The summed E-state index contributed by atoms with van der Waals surface area (Å²) in [6.07, 6.45) is 9.63. The van der Waals surface area contributed by atoms with E-state index in [4.69, 9.17) is 5.73 Å². The van der Waals surface area contributed by atoms with Crippen molar-refractivity contribution in [3.63, 3.8) is 0 Å². The number of rotatable bonds is 8. The van der Waals surface area contributed by atoms with Gasteiger partial charge in [-0.05, 0) is 105 Å². The fraction of sp³-hybridized carbons (Fsp3) is 0.724. The molecule has 1 aromatic rings. The van der Waals surface area contributed by atoms with Crippen molar-refractivity contribution in [1.82, 2.24) is 9.80 Å². The van der Waals surface area contributed by atoms with Crippen molar-refractivity contribution >= 4 is 11.8 Å². The Bertz CT molecular complexity index is 984. The predicted molar refractivity (Wildman–Crippen MR) is 136 cm³/mol. The van der Waals surface area contributed by atoms with Gasteiger partial charge in [0.2, 0.25) is 11.8 Å². The summed E-state index contributed by atoms with van der Waals surface area (Å²) in [7, 11) is 0. The van der Waals surface area contributed by atoms with Crippen LogP contribution >= 0.6 is 0 Å². The molecular formula is C29H41N3O4. The standard InChI is InChI=1S/C29H41N3O4/c30-28(35)20-3-1-2-19(10-20)21-11-24-4-5-25(12-21)32(24)7-6-31(27(34)17-33)16-26-22-8-18-9-23(26)15-29(36,13-18)14-22/h1-3,10,18,21-26,33,36H,4-9,11-17H2,(H2,30,35). The van der Waals surface area contributed by atoms with Gasteiger partial charge in [-0.15, -0.1) is 0 Å². The van der Waals surface area contributed by atoms with Gasteiger partial charge in [0.1, 0.15) is 6.61 Å². The summed E-state index contributed by atoms with van der Waals surface area (Å²) in [4.78, 5) is 29.0. The Morgan fingerprint density at radius 2 is 1.75 bits per heavy atom. The molecule has 4 saturated carbocycles. The third-order valence-corrected chi connectivity index (χ3v) is 10.5. The van der Waals surface area contributed by atoms with Crippen LogP contribution in [0.15, 0.2) is 24.3 Å². The van der Waals surface area contributed by atoms with Crippen molar-refractivity contribution in [3.05, 3.63) is 35.4 Å². The zero-order valence-corrected chi connectivity index (χ0v) is 21.2. The molecule has 196 valence electrons. The number of amides is 2. The fourth-order valence-corrected chi connectivity index (χ4v) is 9.15. The first-order valence-electron chi connectivity index (χ1n) is 14.1. The van der Waals surface area contributed by atoms with Gasteiger partial charge >= 0.3 is 0 Å². The van der Waals surface area contributed by atoms with Crippen molar-refractivity contribution in [2.45, 2.75) is 81.4 Å². The number of fused-ring (bicyclic) bond motifs is 2. The lowest BCUT2D eigenvalue weighted by Gasteiger charge is -2.58. The molecule has 7 rings (SSSR count). The monoisotopic (exact) mass is 495 g/mol. The number of nitrogens with two attached hydrogens (primary N) is 1.